The summed E-state index contributed by atoms with van der Waals surface area (Å²) >= 11 is 0. The van der Waals surface area contributed by atoms with Crippen LogP contribution in [0.4, 0.5) is 5.69 Å². The van der Waals surface area contributed by atoms with Gasteiger partial charge in [0, 0.05) is 5.69 Å². The summed E-state index contributed by atoms with van der Waals surface area (Å²) in [6, 6.07) is 39.7. The number of hydrogen-bond donors (Lipinski definition) is 2. The lowest BCUT2D eigenvalue weighted by atomic mass is 9.92. The molecule has 4 rings (SSSR count). The minimum Gasteiger partial charge on any atom is -0.398 e. The third-order valence-corrected chi connectivity index (χ3v) is 5.04. The molecule has 138 valence electrons. The summed E-state index contributed by atoms with van der Waals surface area (Å²) in [5, 5.41) is 3.88. The second-order valence-electron chi connectivity index (χ2n) is 6.89. The number of rotatable bonds is 6. The highest BCUT2D eigenvalue weighted by molar-refractivity contribution is 5.51. The molecule has 3 N–H and O–H groups in total. The maximum Gasteiger partial charge on any atom is 0.0604 e. The van der Waals surface area contributed by atoms with Gasteiger partial charge in [0.2, 0.25) is 0 Å². The van der Waals surface area contributed by atoms with E-state index in [1.165, 1.54) is 16.7 Å². The first kappa shape index (κ1) is 18.0. The van der Waals surface area contributed by atoms with Crippen LogP contribution in [0.15, 0.2) is 115 Å². The van der Waals surface area contributed by atoms with Crippen molar-refractivity contribution in [3.8, 4) is 0 Å². The van der Waals surface area contributed by atoms with E-state index < -0.39 is 0 Å². The van der Waals surface area contributed by atoms with Crippen molar-refractivity contribution in [2.75, 3.05) is 5.73 Å². The Bertz CT molecular complexity index is 959. The normalized spacial score (nSPS) is 12.0. The molecule has 0 bridgehead atoms. The molecule has 1 atom stereocenters. The fourth-order valence-electron chi connectivity index (χ4n) is 3.63. The molecule has 0 heterocycles. The van der Waals surface area contributed by atoms with Gasteiger partial charge >= 0.3 is 0 Å². The van der Waals surface area contributed by atoms with Crippen LogP contribution in [-0.4, -0.2) is 0 Å². The summed E-state index contributed by atoms with van der Waals surface area (Å²) in [4.78, 5) is 0. The fourth-order valence-corrected chi connectivity index (χ4v) is 3.63. The highest BCUT2D eigenvalue weighted by atomic mass is 15.0. The van der Waals surface area contributed by atoms with E-state index in [-0.39, 0.29) is 12.1 Å². The lowest BCUT2D eigenvalue weighted by Crippen LogP contribution is -2.28. The summed E-state index contributed by atoms with van der Waals surface area (Å²) in [6.07, 6.45) is 0. The Morgan fingerprint density at radius 3 is 1.32 bits per heavy atom. The highest BCUT2D eigenvalue weighted by Gasteiger charge is 2.22. The third-order valence-electron chi connectivity index (χ3n) is 5.04. The topological polar surface area (TPSA) is 38.0 Å². The minimum atomic E-state index is -0.0205. The SMILES string of the molecule is Nc1ccccc1C(NC(c1ccccc1)c1ccccc1)c1ccccc1. The minimum absolute atomic E-state index is 0.0205. The first-order chi connectivity index (χ1) is 13.8. The first-order valence-electron chi connectivity index (χ1n) is 9.58. The summed E-state index contributed by atoms with van der Waals surface area (Å²) in [5.74, 6) is 0. The van der Waals surface area contributed by atoms with Crippen molar-refractivity contribution in [2.24, 2.45) is 0 Å². The van der Waals surface area contributed by atoms with E-state index in [9.17, 15) is 0 Å². The Morgan fingerprint density at radius 1 is 0.464 bits per heavy atom. The average Bonchev–Trinajstić information content (AvgIpc) is 2.77. The zero-order valence-electron chi connectivity index (χ0n) is 15.7. The van der Waals surface area contributed by atoms with Gasteiger partial charge in [0.05, 0.1) is 12.1 Å². The molecule has 0 fully saturated rings. The van der Waals surface area contributed by atoms with Gasteiger partial charge < -0.3 is 5.73 Å². The van der Waals surface area contributed by atoms with Crippen molar-refractivity contribution in [1.29, 1.82) is 0 Å². The maximum atomic E-state index is 6.37. The Kier molecular flexibility index (Phi) is 5.51. The van der Waals surface area contributed by atoms with E-state index in [0.717, 1.165) is 11.3 Å². The molecule has 0 aromatic heterocycles. The average molecular weight is 364 g/mol. The quantitative estimate of drug-likeness (QED) is 0.428. The molecule has 0 saturated heterocycles. The fraction of sp³-hybridized carbons (Fsp3) is 0.0769. The largest absolute Gasteiger partial charge is 0.398 e. The van der Waals surface area contributed by atoms with Crippen LogP contribution >= 0.6 is 0 Å². The van der Waals surface area contributed by atoms with Crippen LogP contribution in [-0.2, 0) is 0 Å². The van der Waals surface area contributed by atoms with Crippen molar-refractivity contribution < 1.29 is 0 Å². The molecule has 0 saturated carbocycles. The number of hydrogen-bond acceptors (Lipinski definition) is 2. The van der Waals surface area contributed by atoms with E-state index in [2.05, 4.69) is 96.3 Å². The van der Waals surface area contributed by atoms with E-state index in [1.54, 1.807) is 0 Å². The van der Waals surface area contributed by atoms with Crippen molar-refractivity contribution in [2.45, 2.75) is 12.1 Å². The molecule has 2 nitrogen and oxygen atoms in total. The summed E-state index contributed by atoms with van der Waals surface area (Å²) in [6.45, 7) is 0. The van der Waals surface area contributed by atoms with Gasteiger partial charge in [-0.05, 0) is 28.3 Å². The van der Waals surface area contributed by atoms with Crippen molar-refractivity contribution in [3.05, 3.63) is 138 Å². The van der Waals surface area contributed by atoms with Gasteiger partial charge in [-0.25, -0.2) is 0 Å². The lowest BCUT2D eigenvalue weighted by Gasteiger charge is -2.28. The van der Waals surface area contributed by atoms with Gasteiger partial charge in [-0.2, -0.15) is 0 Å². The third kappa shape index (κ3) is 3.98. The van der Waals surface area contributed by atoms with Gasteiger partial charge in [-0.1, -0.05) is 109 Å². The molecular weight excluding hydrogens is 340 g/mol. The standard InChI is InChI=1S/C26H24N2/c27-24-19-11-10-18-23(24)26(22-16-8-3-9-17-22)28-25(20-12-4-1-5-13-20)21-14-6-2-7-15-21/h1-19,25-26,28H,27H2. The zero-order valence-corrected chi connectivity index (χ0v) is 15.7. The smallest absolute Gasteiger partial charge is 0.0604 e. The second kappa shape index (κ2) is 8.55. The number of nitrogens with one attached hydrogen (secondary N) is 1. The summed E-state index contributed by atoms with van der Waals surface area (Å²) < 4.78 is 0. The predicted octanol–water partition coefficient (Wildman–Crippen LogP) is 5.74. The van der Waals surface area contributed by atoms with Crippen LogP contribution in [0.2, 0.25) is 0 Å². The van der Waals surface area contributed by atoms with Crippen molar-refractivity contribution in [3.63, 3.8) is 0 Å². The summed E-state index contributed by atoms with van der Waals surface area (Å²) in [7, 11) is 0. The van der Waals surface area contributed by atoms with E-state index in [4.69, 9.17) is 5.73 Å². The molecule has 0 aliphatic carbocycles. The van der Waals surface area contributed by atoms with E-state index in [0.29, 0.717) is 0 Å². The molecular formula is C26H24N2. The number of para-hydroxylation sites is 1. The second-order valence-corrected chi connectivity index (χ2v) is 6.89. The molecule has 1 unspecified atom stereocenters. The Morgan fingerprint density at radius 2 is 0.857 bits per heavy atom. The van der Waals surface area contributed by atoms with Gasteiger partial charge in [0.15, 0.2) is 0 Å². The molecule has 0 radical (unpaired) electrons. The Labute approximate surface area is 166 Å². The van der Waals surface area contributed by atoms with Gasteiger partial charge in [-0.3, -0.25) is 5.32 Å². The van der Waals surface area contributed by atoms with Crippen LogP contribution < -0.4 is 11.1 Å². The van der Waals surface area contributed by atoms with Gasteiger partial charge in [0.1, 0.15) is 0 Å². The Balaban J connectivity index is 1.80. The lowest BCUT2D eigenvalue weighted by molar-refractivity contribution is 0.541. The molecule has 4 aromatic rings. The highest BCUT2D eigenvalue weighted by Crippen LogP contribution is 2.32. The molecule has 0 spiro atoms. The van der Waals surface area contributed by atoms with Crippen LogP contribution in [0, 0.1) is 0 Å². The van der Waals surface area contributed by atoms with Crippen LogP contribution in [0.25, 0.3) is 0 Å². The van der Waals surface area contributed by atoms with Crippen LogP contribution in [0.3, 0.4) is 0 Å². The number of benzene rings is 4. The van der Waals surface area contributed by atoms with E-state index >= 15 is 0 Å². The molecule has 28 heavy (non-hydrogen) atoms. The zero-order chi connectivity index (χ0) is 19.2. The van der Waals surface area contributed by atoms with Crippen LogP contribution in [0.1, 0.15) is 34.3 Å². The monoisotopic (exact) mass is 364 g/mol. The molecule has 4 aromatic carbocycles. The number of nitrogen functional groups attached to an aromatic ring is 1. The molecule has 0 aliphatic rings. The van der Waals surface area contributed by atoms with E-state index in [1.807, 2.05) is 24.3 Å². The molecule has 0 amide bonds. The van der Waals surface area contributed by atoms with Crippen LogP contribution in [0.5, 0.6) is 0 Å². The van der Waals surface area contributed by atoms with Gasteiger partial charge in [-0.15, -0.1) is 0 Å². The predicted molar refractivity (Wildman–Crippen MR) is 117 cm³/mol. The maximum absolute atomic E-state index is 6.37. The molecule has 0 aliphatic heterocycles. The molecule has 2 heteroatoms. The Hall–Kier alpha value is -3.36. The van der Waals surface area contributed by atoms with Gasteiger partial charge in [0.25, 0.3) is 0 Å². The first-order valence-corrected chi connectivity index (χ1v) is 9.58. The van der Waals surface area contributed by atoms with Crippen molar-refractivity contribution >= 4 is 5.69 Å². The summed E-state index contributed by atoms with van der Waals surface area (Å²) in [5.41, 5.74) is 11.9. The number of anilines is 1. The number of nitrogens with two attached hydrogens (primary N) is 1. The van der Waals surface area contributed by atoms with Crippen molar-refractivity contribution in [1.82, 2.24) is 5.32 Å².